The minimum absolute atomic E-state index is 0.0170. The molecule has 4 aliphatic rings. The highest BCUT2D eigenvalue weighted by molar-refractivity contribution is 8.02. The summed E-state index contributed by atoms with van der Waals surface area (Å²) in [5.41, 5.74) is 1.01. The van der Waals surface area contributed by atoms with Gasteiger partial charge in [-0.15, -0.1) is 11.8 Å². The van der Waals surface area contributed by atoms with E-state index in [1.54, 1.807) is 16.7 Å². The number of carbonyl (C=O) groups is 3. The Hall–Kier alpha value is -2.14. The van der Waals surface area contributed by atoms with E-state index in [9.17, 15) is 19.5 Å². The Kier molecular flexibility index (Phi) is 8.09. The van der Waals surface area contributed by atoms with Gasteiger partial charge in [0.15, 0.2) is 0 Å². The minimum Gasteiger partial charge on any atom is -0.396 e. The molecule has 4 saturated heterocycles. The summed E-state index contributed by atoms with van der Waals surface area (Å²) in [4.78, 5) is 45.1. The van der Waals surface area contributed by atoms with Crippen LogP contribution in [0.3, 0.4) is 0 Å². The van der Waals surface area contributed by atoms with Gasteiger partial charge in [-0.3, -0.25) is 19.3 Å². The number of likely N-dealkylation sites (tertiary alicyclic amines) is 1. The van der Waals surface area contributed by atoms with Crippen LogP contribution in [0.4, 0.5) is 0 Å². The molecule has 202 valence electrons. The predicted molar refractivity (Wildman–Crippen MR) is 141 cm³/mol. The smallest absolute Gasteiger partial charge is 0.244 e. The van der Waals surface area contributed by atoms with Crippen LogP contribution in [0, 0.1) is 17.8 Å². The number of fused-ring (bicyclic) bond motifs is 1. The Bertz CT molecular complexity index is 990. The van der Waals surface area contributed by atoms with E-state index >= 15 is 0 Å². The molecular weight excluding hydrogens is 492 g/mol. The van der Waals surface area contributed by atoms with Gasteiger partial charge in [0.25, 0.3) is 0 Å². The highest BCUT2D eigenvalue weighted by Crippen LogP contribution is 2.68. The lowest BCUT2D eigenvalue weighted by molar-refractivity contribution is -0.140. The van der Waals surface area contributed by atoms with Gasteiger partial charge in [0.2, 0.25) is 17.7 Å². The molecule has 5 rings (SSSR count). The summed E-state index contributed by atoms with van der Waals surface area (Å²) < 4.78 is 4.78. The molecule has 0 radical (unpaired) electrons. The molecule has 3 N–H and O–H groups in total. The number of aliphatic hydroxyl groups excluding tert-OH is 1. The fourth-order valence-electron chi connectivity index (χ4n) is 6.76. The van der Waals surface area contributed by atoms with Crippen molar-refractivity contribution >= 4 is 29.5 Å². The second kappa shape index (κ2) is 11.3. The summed E-state index contributed by atoms with van der Waals surface area (Å²) in [6.45, 7) is 7.13. The predicted octanol–water partition coefficient (Wildman–Crippen LogP) is 0.471. The van der Waals surface area contributed by atoms with Crippen molar-refractivity contribution in [2.75, 3.05) is 52.5 Å². The number of nitrogens with zero attached hydrogens (tertiary/aromatic N) is 2. The molecule has 1 aromatic rings. The molecule has 10 heteroatoms. The highest BCUT2D eigenvalue weighted by atomic mass is 32.2. The molecule has 1 spiro atoms. The van der Waals surface area contributed by atoms with Crippen LogP contribution in [-0.2, 0) is 25.7 Å². The van der Waals surface area contributed by atoms with Gasteiger partial charge < -0.3 is 25.4 Å². The van der Waals surface area contributed by atoms with Gasteiger partial charge in [-0.2, -0.15) is 0 Å². The molecule has 2 bridgehead atoms. The van der Waals surface area contributed by atoms with Gasteiger partial charge in [0.1, 0.15) is 6.04 Å². The van der Waals surface area contributed by atoms with Crippen LogP contribution in [0.15, 0.2) is 30.3 Å². The molecule has 0 aliphatic carbocycles. The van der Waals surface area contributed by atoms with Gasteiger partial charge in [0, 0.05) is 51.1 Å². The number of hydrogen-bond acceptors (Lipinski definition) is 7. The molecule has 4 heterocycles. The molecule has 9 nitrogen and oxygen atoms in total. The molecule has 37 heavy (non-hydrogen) atoms. The van der Waals surface area contributed by atoms with E-state index in [1.165, 1.54) is 0 Å². The first-order valence-corrected chi connectivity index (χ1v) is 14.3. The lowest BCUT2D eigenvalue weighted by atomic mass is 9.66. The van der Waals surface area contributed by atoms with Crippen LogP contribution in [0.1, 0.15) is 25.3 Å². The van der Waals surface area contributed by atoms with E-state index in [0.29, 0.717) is 39.3 Å². The lowest BCUT2D eigenvalue weighted by Crippen LogP contribution is -2.57. The summed E-state index contributed by atoms with van der Waals surface area (Å²) in [5.74, 6) is -1.24. The Morgan fingerprint density at radius 3 is 2.62 bits per heavy atom. The third-order valence-electron chi connectivity index (χ3n) is 8.49. The van der Waals surface area contributed by atoms with Crippen molar-refractivity contribution in [1.29, 1.82) is 0 Å². The zero-order valence-corrected chi connectivity index (χ0v) is 22.3. The highest BCUT2D eigenvalue weighted by Gasteiger charge is 2.75. The van der Waals surface area contributed by atoms with Gasteiger partial charge in [-0.1, -0.05) is 37.3 Å². The maximum Gasteiger partial charge on any atom is 0.244 e. The topological polar surface area (TPSA) is 111 Å². The van der Waals surface area contributed by atoms with E-state index in [2.05, 4.69) is 22.5 Å². The molecule has 1 aromatic carbocycles. The number of nitrogens with one attached hydrogen (secondary N) is 2. The Morgan fingerprint density at radius 2 is 1.89 bits per heavy atom. The van der Waals surface area contributed by atoms with Crippen molar-refractivity contribution in [2.24, 2.45) is 17.8 Å². The van der Waals surface area contributed by atoms with Gasteiger partial charge >= 0.3 is 0 Å². The van der Waals surface area contributed by atoms with E-state index < -0.39 is 22.6 Å². The molecule has 4 aliphatic heterocycles. The largest absolute Gasteiger partial charge is 0.396 e. The standard InChI is InChI=1S/C27H38N4O5S/c1-18-16-20-21(24(33)29-17-19-6-3-2-4-7-19)22-26(35)31(9-5-13-32)23(27(18,22)37-20)25(34)28-8-10-30-11-14-36-15-12-30/h2-4,6-7,18,20-23,32H,5,8-17H2,1H3,(H,28,34)(H,29,33)/t18?,20-,21+,22+,23?,27?/m1/s1. The summed E-state index contributed by atoms with van der Waals surface area (Å²) in [7, 11) is 0. The Balaban J connectivity index is 1.34. The first kappa shape index (κ1) is 26.5. The quantitative estimate of drug-likeness (QED) is 0.403. The number of aliphatic hydroxyl groups is 1. The van der Waals surface area contributed by atoms with Crippen molar-refractivity contribution in [3.8, 4) is 0 Å². The van der Waals surface area contributed by atoms with Crippen LogP contribution in [0.2, 0.25) is 0 Å². The zero-order chi connectivity index (χ0) is 26.0. The maximum absolute atomic E-state index is 13.9. The normalized spacial score (nSPS) is 33.0. The number of amides is 3. The fourth-order valence-corrected chi connectivity index (χ4v) is 9.19. The second-order valence-corrected chi connectivity index (χ2v) is 12.2. The third-order valence-corrected chi connectivity index (χ3v) is 10.6. The summed E-state index contributed by atoms with van der Waals surface area (Å²) in [6, 6.07) is 9.11. The number of rotatable bonds is 10. The Morgan fingerprint density at radius 1 is 1.14 bits per heavy atom. The molecule has 0 saturated carbocycles. The van der Waals surface area contributed by atoms with Crippen LogP contribution >= 0.6 is 11.8 Å². The minimum atomic E-state index is -0.641. The molecule has 3 amide bonds. The van der Waals surface area contributed by atoms with Gasteiger partial charge in [0.05, 0.1) is 29.8 Å². The molecular formula is C27H38N4O5S. The molecule has 0 aromatic heterocycles. The van der Waals surface area contributed by atoms with E-state index in [-0.39, 0.29) is 35.5 Å². The number of benzene rings is 1. The number of ether oxygens (including phenoxy) is 1. The van der Waals surface area contributed by atoms with Crippen LogP contribution in [0.25, 0.3) is 0 Å². The molecule has 6 atom stereocenters. The van der Waals surface area contributed by atoms with Crippen molar-refractivity contribution < 1.29 is 24.2 Å². The van der Waals surface area contributed by atoms with Crippen molar-refractivity contribution in [3.63, 3.8) is 0 Å². The number of carbonyl (C=O) groups excluding carboxylic acids is 3. The summed E-state index contributed by atoms with van der Waals surface area (Å²) in [5, 5.41) is 15.7. The third kappa shape index (κ3) is 4.89. The van der Waals surface area contributed by atoms with E-state index in [0.717, 1.165) is 31.6 Å². The molecule has 4 fully saturated rings. The number of morpholine rings is 1. The Labute approximate surface area is 222 Å². The van der Waals surface area contributed by atoms with Gasteiger partial charge in [-0.25, -0.2) is 0 Å². The fraction of sp³-hybridized carbons (Fsp3) is 0.667. The van der Waals surface area contributed by atoms with Gasteiger partial charge in [-0.05, 0) is 24.3 Å². The van der Waals surface area contributed by atoms with Crippen LogP contribution < -0.4 is 10.6 Å². The van der Waals surface area contributed by atoms with E-state index in [4.69, 9.17) is 4.74 Å². The van der Waals surface area contributed by atoms with Crippen molar-refractivity contribution in [1.82, 2.24) is 20.4 Å². The number of thioether (sulfide) groups is 1. The average molecular weight is 531 g/mol. The first-order valence-electron chi connectivity index (χ1n) is 13.5. The average Bonchev–Trinajstić information content (AvgIpc) is 3.50. The summed E-state index contributed by atoms with van der Waals surface area (Å²) in [6.07, 6.45) is 1.21. The lowest BCUT2D eigenvalue weighted by Gasteiger charge is -2.38. The number of hydrogen-bond donors (Lipinski definition) is 3. The van der Waals surface area contributed by atoms with Crippen LogP contribution in [-0.4, -0.2) is 101 Å². The monoisotopic (exact) mass is 530 g/mol. The van der Waals surface area contributed by atoms with Crippen molar-refractivity contribution in [3.05, 3.63) is 35.9 Å². The zero-order valence-electron chi connectivity index (χ0n) is 21.4. The second-order valence-electron chi connectivity index (χ2n) is 10.6. The summed E-state index contributed by atoms with van der Waals surface area (Å²) >= 11 is 1.68. The van der Waals surface area contributed by atoms with Crippen LogP contribution in [0.5, 0.6) is 0 Å². The SMILES string of the molecule is CC1C[C@H]2SC13C(C(=O)NCCN1CCOCC1)N(CCCO)C(=O)[C@@H]3[C@H]2C(=O)NCc1ccccc1. The first-order chi connectivity index (χ1) is 18.0. The van der Waals surface area contributed by atoms with Crippen molar-refractivity contribution in [2.45, 2.75) is 42.3 Å². The maximum atomic E-state index is 13.9. The molecule has 3 unspecified atom stereocenters. The van der Waals surface area contributed by atoms with E-state index in [1.807, 2.05) is 30.3 Å².